The maximum absolute atomic E-state index is 12.3. The molecule has 1 spiro atoms. The number of amides is 1. The average Bonchev–Trinajstić information content (AvgIpc) is 2.51. The van der Waals surface area contributed by atoms with Crippen LogP contribution in [0.2, 0.25) is 0 Å². The smallest absolute Gasteiger partial charge is 0.237 e. The van der Waals surface area contributed by atoms with Gasteiger partial charge in [0.15, 0.2) is 0 Å². The van der Waals surface area contributed by atoms with Gasteiger partial charge in [0.1, 0.15) is 0 Å². The zero-order valence-electron chi connectivity index (χ0n) is 13.9. The van der Waals surface area contributed by atoms with Crippen molar-refractivity contribution >= 4 is 5.91 Å². The molecule has 2 heterocycles. The first kappa shape index (κ1) is 16.8. The van der Waals surface area contributed by atoms with E-state index in [4.69, 9.17) is 0 Å². The summed E-state index contributed by atoms with van der Waals surface area (Å²) in [6, 6.07) is 0.0192. The SMILES string of the molecule is CCCCCNC(=O)C(C)N1CCCC2(CCCNC2)C1. The Labute approximate surface area is 130 Å². The number of rotatable bonds is 6. The van der Waals surface area contributed by atoms with Crippen LogP contribution in [-0.4, -0.2) is 49.6 Å². The van der Waals surface area contributed by atoms with E-state index in [1.54, 1.807) is 0 Å². The Balaban J connectivity index is 1.80. The molecule has 21 heavy (non-hydrogen) atoms. The fourth-order valence-corrected chi connectivity index (χ4v) is 3.86. The van der Waals surface area contributed by atoms with Crippen molar-refractivity contribution in [3.8, 4) is 0 Å². The highest BCUT2D eigenvalue weighted by Gasteiger charge is 2.38. The van der Waals surface area contributed by atoms with Crippen LogP contribution in [0.15, 0.2) is 0 Å². The Kier molecular flexibility index (Phi) is 6.49. The first-order valence-corrected chi connectivity index (χ1v) is 8.89. The van der Waals surface area contributed by atoms with Gasteiger partial charge >= 0.3 is 0 Å². The zero-order valence-corrected chi connectivity index (χ0v) is 13.9. The maximum Gasteiger partial charge on any atom is 0.237 e. The molecule has 0 aromatic carbocycles. The lowest BCUT2D eigenvalue weighted by Crippen LogP contribution is -2.56. The van der Waals surface area contributed by atoms with Gasteiger partial charge in [0, 0.05) is 19.6 Å². The Morgan fingerprint density at radius 2 is 2.14 bits per heavy atom. The number of nitrogens with one attached hydrogen (secondary N) is 2. The summed E-state index contributed by atoms with van der Waals surface area (Å²) in [6.07, 6.45) is 8.66. The van der Waals surface area contributed by atoms with E-state index in [9.17, 15) is 4.79 Å². The lowest BCUT2D eigenvalue weighted by atomic mass is 9.74. The lowest BCUT2D eigenvalue weighted by Gasteiger charge is -2.47. The second kappa shape index (κ2) is 8.14. The Bertz CT molecular complexity index is 320. The topological polar surface area (TPSA) is 44.4 Å². The summed E-state index contributed by atoms with van der Waals surface area (Å²) in [4.78, 5) is 14.7. The molecule has 4 heteroatoms. The summed E-state index contributed by atoms with van der Waals surface area (Å²) in [5.41, 5.74) is 0.424. The van der Waals surface area contributed by atoms with Crippen molar-refractivity contribution in [2.24, 2.45) is 5.41 Å². The number of likely N-dealkylation sites (tertiary alicyclic amines) is 1. The first-order valence-electron chi connectivity index (χ1n) is 8.89. The van der Waals surface area contributed by atoms with Crippen LogP contribution in [0, 0.1) is 5.41 Å². The number of hydrogen-bond acceptors (Lipinski definition) is 3. The second-order valence-corrected chi connectivity index (χ2v) is 7.03. The van der Waals surface area contributed by atoms with Crippen LogP contribution in [0.5, 0.6) is 0 Å². The number of carbonyl (C=O) groups excluding carboxylic acids is 1. The van der Waals surface area contributed by atoms with Gasteiger partial charge in [-0.3, -0.25) is 9.69 Å². The van der Waals surface area contributed by atoms with E-state index in [1.165, 1.54) is 38.5 Å². The van der Waals surface area contributed by atoms with E-state index in [1.807, 2.05) is 0 Å². The third-order valence-corrected chi connectivity index (χ3v) is 5.26. The molecule has 122 valence electrons. The van der Waals surface area contributed by atoms with Gasteiger partial charge in [-0.1, -0.05) is 19.8 Å². The predicted octanol–water partition coefficient (Wildman–Crippen LogP) is 2.15. The van der Waals surface area contributed by atoms with Crippen LogP contribution in [0.4, 0.5) is 0 Å². The standard InChI is InChI=1S/C17H33N3O/c1-3-4-5-11-19-16(21)15(2)20-12-7-9-17(14-20)8-6-10-18-13-17/h15,18H,3-14H2,1-2H3,(H,19,21). The van der Waals surface area contributed by atoms with Gasteiger partial charge < -0.3 is 10.6 Å². The van der Waals surface area contributed by atoms with Gasteiger partial charge in [-0.15, -0.1) is 0 Å². The molecule has 0 aromatic rings. The van der Waals surface area contributed by atoms with Gasteiger partial charge in [-0.25, -0.2) is 0 Å². The molecule has 2 aliphatic rings. The van der Waals surface area contributed by atoms with Gasteiger partial charge in [0.25, 0.3) is 0 Å². The van der Waals surface area contributed by atoms with Gasteiger partial charge in [0.05, 0.1) is 6.04 Å². The van der Waals surface area contributed by atoms with Crippen LogP contribution in [0.25, 0.3) is 0 Å². The molecule has 2 rings (SSSR count). The molecule has 2 unspecified atom stereocenters. The highest BCUT2D eigenvalue weighted by Crippen LogP contribution is 2.36. The lowest BCUT2D eigenvalue weighted by molar-refractivity contribution is -0.127. The van der Waals surface area contributed by atoms with E-state index in [0.717, 1.165) is 39.1 Å². The molecule has 1 amide bonds. The molecule has 2 saturated heterocycles. The number of nitrogens with zero attached hydrogens (tertiary/aromatic N) is 1. The Hall–Kier alpha value is -0.610. The second-order valence-electron chi connectivity index (χ2n) is 7.03. The molecule has 0 aromatic heterocycles. The van der Waals surface area contributed by atoms with E-state index in [0.29, 0.717) is 5.41 Å². The molecule has 4 nitrogen and oxygen atoms in total. The quantitative estimate of drug-likeness (QED) is 0.738. The maximum atomic E-state index is 12.3. The van der Waals surface area contributed by atoms with Gasteiger partial charge in [-0.2, -0.15) is 0 Å². The van der Waals surface area contributed by atoms with Crippen molar-refractivity contribution in [2.45, 2.75) is 64.8 Å². The van der Waals surface area contributed by atoms with Crippen molar-refractivity contribution in [1.29, 1.82) is 0 Å². The van der Waals surface area contributed by atoms with Gasteiger partial charge in [-0.05, 0) is 57.5 Å². The van der Waals surface area contributed by atoms with Crippen molar-refractivity contribution in [3.05, 3.63) is 0 Å². The summed E-state index contributed by atoms with van der Waals surface area (Å²) in [5.74, 6) is 0.215. The minimum absolute atomic E-state index is 0.0192. The highest BCUT2D eigenvalue weighted by atomic mass is 16.2. The predicted molar refractivity (Wildman–Crippen MR) is 87.3 cm³/mol. The van der Waals surface area contributed by atoms with Crippen molar-refractivity contribution in [1.82, 2.24) is 15.5 Å². The average molecular weight is 295 g/mol. The fraction of sp³-hybridized carbons (Fsp3) is 0.941. The van der Waals surface area contributed by atoms with E-state index < -0.39 is 0 Å². The molecule has 2 fully saturated rings. The Morgan fingerprint density at radius 3 is 2.86 bits per heavy atom. The minimum atomic E-state index is 0.0192. The largest absolute Gasteiger partial charge is 0.355 e. The minimum Gasteiger partial charge on any atom is -0.355 e. The van der Waals surface area contributed by atoms with Crippen molar-refractivity contribution in [2.75, 3.05) is 32.7 Å². The Morgan fingerprint density at radius 1 is 1.33 bits per heavy atom. The zero-order chi connectivity index (χ0) is 15.1. The summed E-state index contributed by atoms with van der Waals surface area (Å²) in [6.45, 7) is 9.55. The molecule has 0 aliphatic carbocycles. The van der Waals surface area contributed by atoms with Gasteiger partial charge in [0.2, 0.25) is 5.91 Å². The van der Waals surface area contributed by atoms with Crippen LogP contribution in [0.1, 0.15) is 58.8 Å². The molecule has 0 bridgehead atoms. The third kappa shape index (κ3) is 4.68. The monoisotopic (exact) mass is 295 g/mol. The summed E-state index contributed by atoms with van der Waals surface area (Å²) in [7, 11) is 0. The summed E-state index contributed by atoms with van der Waals surface area (Å²) >= 11 is 0. The van der Waals surface area contributed by atoms with Crippen LogP contribution in [-0.2, 0) is 4.79 Å². The fourth-order valence-electron chi connectivity index (χ4n) is 3.86. The highest BCUT2D eigenvalue weighted by molar-refractivity contribution is 5.81. The van der Waals surface area contributed by atoms with E-state index >= 15 is 0 Å². The molecule has 2 N–H and O–H groups in total. The normalized spacial score (nSPS) is 28.5. The number of hydrogen-bond donors (Lipinski definition) is 2. The number of unbranched alkanes of at least 4 members (excludes halogenated alkanes) is 2. The molecule has 2 aliphatic heterocycles. The first-order chi connectivity index (χ1) is 10.2. The number of piperidine rings is 2. The van der Waals surface area contributed by atoms with Crippen LogP contribution >= 0.6 is 0 Å². The van der Waals surface area contributed by atoms with Crippen molar-refractivity contribution < 1.29 is 4.79 Å². The van der Waals surface area contributed by atoms with Crippen LogP contribution < -0.4 is 10.6 Å². The molecular formula is C17H33N3O. The molecule has 0 radical (unpaired) electrons. The third-order valence-electron chi connectivity index (χ3n) is 5.26. The summed E-state index contributed by atoms with van der Waals surface area (Å²) < 4.78 is 0. The molecular weight excluding hydrogens is 262 g/mol. The molecule has 2 atom stereocenters. The summed E-state index contributed by atoms with van der Waals surface area (Å²) in [5, 5.41) is 6.66. The van der Waals surface area contributed by atoms with Crippen LogP contribution in [0.3, 0.4) is 0 Å². The van der Waals surface area contributed by atoms with Crippen molar-refractivity contribution in [3.63, 3.8) is 0 Å². The van der Waals surface area contributed by atoms with E-state index in [-0.39, 0.29) is 11.9 Å². The number of carbonyl (C=O) groups is 1. The molecule has 0 saturated carbocycles. The van der Waals surface area contributed by atoms with E-state index in [2.05, 4.69) is 29.4 Å².